The normalized spacial score (nSPS) is 10.9. The van der Waals surface area contributed by atoms with Crippen LogP contribution in [0.5, 0.6) is 0 Å². The maximum absolute atomic E-state index is 12.0. The zero-order chi connectivity index (χ0) is 14.3. The zero-order valence-corrected chi connectivity index (χ0v) is 12.0. The summed E-state index contributed by atoms with van der Waals surface area (Å²) in [6.45, 7) is 5.74. The Bertz CT molecular complexity index is 794. The molecule has 0 aliphatic heterocycles. The zero-order valence-electron chi connectivity index (χ0n) is 12.0. The molecule has 0 amide bonds. The lowest BCUT2D eigenvalue weighted by atomic mass is 10.1. The second kappa shape index (κ2) is 4.64. The van der Waals surface area contributed by atoms with Gasteiger partial charge >= 0.3 is 0 Å². The lowest BCUT2D eigenvalue weighted by Gasteiger charge is -2.07. The van der Waals surface area contributed by atoms with Gasteiger partial charge in [-0.15, -0.1) is 0 Å². The monoisotopic (exact) mass is 263 g/mol. The molecule has 0 atom stereocenters. The van der Waals surface area contributed by atoms with E-state index in [1.54, 1.807) is 11.5 Å². The van der Waals surface area contributed by atoms with Gasteiger partial charge in [-0.2, -0.15) is 0 Å². The summed E-state index contributed by atoms with van der Waals surface area (Å²) < 4.78 is 1.79. The van der Waals surface area contributed by atoms with Gasteiger partial charge in [0, 0.05) is 12.3 Å². The Morgan fingerprint density at radius 3 is 2.20 bits per heavy atom. The molecule has 20 heavy (non-hydrogen) atoms. The highest BCUT2D eigenvalue weighted by Gasteiger charge is 2.13. The highest BCUT2D eigenvalue weighted by Crippen LogP contribution is 2.29. The second-order valence-electron chi connectivity index (χ2n) is 5.31. The number of aryl methyl sites for hydroxylation is 2. The largest absolute Gasteiger partial charge is 0.280 e. The van der Waals surface area contributed by atoms with Gasteiger partial charge in [0.1, 0.15) is 0 Å². The quantitative estimate of drug-likeness (QED) is 0.629. The predicted molar refractivity (Wildman–Crippen MR) is 83.1 cm³/mol. The van der Waals surface area contributed by atoms with Crippen molar-refractivity contribution < 1.29 is 4.79 Å². The van der Waals surface area contributed by atoms with Gasteiger partial charge in [-0.3, -0.25) is 9.36 Å². The van der Waals surface area contributed by atoms with E-state index >= 15 is 0 Å². The minimum Gasteiger partial charge on any atom is -0.280 e. The van der Waals surface area contributed by atoms with E-state index in [0.717, 1.165) is 22.2 Å². The fourth-order valence-corrected chi connectivity index (χ4v) is 2.61. The van der Waals surface area contributed by atoms with Gasteiger partial charge in [0.15, 0.2) is 0 Å². The molecule has 3 aromatic rings. The van der Waals surface area contributed by atoms with Gasteiger partial charge in [-0.1, -0.05) is 41.5 Å². The van der Waals surface area contributed by atoms with Crippen molar-refractivity contribution in [3.05, 3.63) is 59.7 Å². The Labute approximate surface area is 118 Å². The minimum atomic E-state index is 0.0411. The van der Waals surface area contributed by atoms with Gasteiger partial charge < -0.3 is 0 Å². The Morgan fingerprint density at radius 1 is 0.900 bits per heavy atom. The molecule has 0 N–H and O–H groups in total. The standard InChI is InChI=1S/C18H17NO/c1-12-4-7-15(8-5-12)18-11-16-10-13(2)6-9-17(16)19(18)14(3)20/h4-11H,1-3H3. The molecule has 2 heteroatoms. The number of benzene rings is 2. The third-order valence-electron chi connectivity index (χ3n) is 3.62. The van der Waals surface area contributed by atoms with Crippen LogP contribution in [0.15, 0.2) is 48.5 Å². The number of rotatable bonds is 1. The molecule has 0 radical (unpaired) electrons. The van der Waals surface area contributed by atoms with Gasteiger partial charge in [0.05, 0.1) is 11.2 Å². The summed E-state index contributed by atoms with van der Waals surface area (Å²) in [6.07, 6.45) is 0. The van der Waals surface area contributed by atoms with Gasteiger partial charge in [0.2, 0.25) is 5.91 Å². The Hall–Kier alpha value is -2.35. The number of carbonyl (C=O) groups is 1. The van der Waals surface area contributed by atoms with E-state index in [0.29, 0.717) is 0 Å². The van der Waals surface area contributed by atoms with Crippen LogP contribution in [0.3, 0.4) is 0 Å². The fraction of sp³-hybridized carbons (Fsp3) is 0.167. The van der Waals surface area contributed by atoms with Crippen molar-refractivity contribution in [3.63, 3.8) is 0 Å². The molecular weight excluding hydrogens is 246 g/mol. The lowest BCUT2D eigenvalue weighted by Crippen LogP contribution is -2.06. The first-order chi connectivity index (χ1) is 9.56. The van der Waals surface area contributed by atoms with E-state index in [4.69, 9.17) is 0 Å². The molecule has 1 heterocycles. The maximum atomic E-state index is 12.0. The maximum Gasteiger partial charge on any atom is 0.228 e. The molecule has 0 saturated heterocycles. The molecular formula is C18H17NO. The molecule has 0 aliphatic rings. The van der Waals surface area contributed by atoms with Crippen LogP contribution in [0.2, 0.25) is 0 Å². The van der Waals surface area contributed by atoms with E-state index in [1.165, 1.54) is 11.1 Å². The van der Waals surface area contributed by atoms with Crippen LogP contribution >= 0.6 is 0 Å². The number of hydrogen-bond donors (Lipinski definition) is 0. The van der Waals surface area contributed by atoms with Gasteiger partial charge in [-0.05, 0) is 37.6 Å². The fourth-order valence-electron chi connectivity index (χ4n) is 2.61. The molecule has 0 unspecified atom stereocenters. The van der Waals surface area contributed by atoms with Crippen molar-refractivity contribution in [2.45, 2.75) is 20.8 Å². The van der Waals surface area contributed by atoms with Crippen molar-refractivity contribution in [1.29, 1.82) is 0 Å². The summed E-state index contributed by atoms with van der Waals surface area (Å²) in [6, 6.07) is 16.5. The van der Waals surface area contributed by atoms with Crippen LogP contribution in [0.1, 0.15) is 22.8 Å². The van der Waals surface area contributed by atoms with Crippen LogP contribution in [-0.4, -0.2) is 10.5 Å². The molecule has 100 valence electrons. The Balaban J connectivity index is 2.31. The smallest absolute Gasteiger partial charge is 0.228 e. The SMILES string of the molecule is CC(=O)n1c(-c2ccc(C)cc2)cc2cc(C)ccc21. The number of fused-ring (bicyclic) bond motifs is 1. The van der Waals surface area contributed by atoms with Crippen molar-refractivity contribution in [1.82, 2.24) is 4.57 Å². The summed E-state index contributed by atoms with van der Waals surface area (Å²) in [5.41, 5.74) is 5.42. The third-order valence-corrected chi connectivity index (χ3v) is 3.62. The average Bonchev–Trinajstić information content (AvgIpc) is 2.77. The molecule has 2 aromatic carbocycles. The highest BCUT2D eigenvalue weighted by molar-refractivity contribution is 5.97. The van der Waals surface area contributed by atoms with Crippen molar-refractivity contribution >= 4 is 16.8 Å². The average molecular weight is 263 g/mol. The molecule has 0 aliphatic carbocycles. The van der Waals surface area contributed by atoms with E-state index in [9.17, 15) is 4.79 Å². The van der Waals surface area contributed by atoms with Crippen molar-refractivity contribution in [2.75, 3.05) is 0 Å². The first kappa shape index (κ1) is 12.7. The van der Waals surface area contributed by atoms with E-state index in [-0.39, 0.29) is 5.91 Å². The molecule has 0 fully saturated rings. The van der Waals surface area contributed by atoms with Gasteiger partial charge in [-0.25, -0.2) is 0 Å². The molecule has 0 spiro atoms. The molecule has 0 bridgehead atoms. The van der Waals surface area contributed by atoms with Crippen molar-refractivity contribution in [2.24, 2.45) is 0 Å². The Morgan fingerprint density at radius 2 is 1.55 bits per heavy atom. The van der Waals surface area contributed by atoms with Crippen LogP contribution in [-0.2, 0) is 0 Å². The summed E-state index contributed by atoms with van der Waals surface area (Å²) in [4.78, 5) is 12.0. The van der Waals surface area contributed by atoms with E-state index in [2.05, 4.69) is 50.2 Å². The molecule has 2 nitrogen and oxygen atoms in total. The van der Waals surface area contributed by atoms with Crippen LogP contribution in [0.25, 0.3) is 22.2 Å². The minimum absolute atomic E-state index is 0.0411. The predicted octanol–water partition coefficient (Wildman–Crippen LogP) is 4.59. The first-order valence-corrected chi connectivity index (χ1v) is 6.76. The van der Waals surface area contributed by atoms with Crippen LogP contribution < -0.4 is 0 Å². The molecule has 1 aromatic heterocycles. The number of nitrogens with zero attached hydrogens (tertiary/aromatic N) is 1. The Kier molecular flexibility index (Phi) is 2.94. The topological polar surface area (TPSA) is 22.0 Å². The summed E-state index contributed by atoms with van der Waals surface area (Å²) in [5.74, 6) is 0.0411. The van der Waals surface area contributed by atoms with E-state index in [1.807, 2.05) is 12.1 Å². The first-order valence-electron chi connectivity index (χ1n) is 6.76. The second-order valence-corrected chi connectivity index (χ2v) is 5.31. The third kappa shape index (κ3) is 2.03. The summed E-state index contributed by atoms with van der Waals surface area (Å²) >= 11 is 0. The van der Waals surface area contributed by atoms with E-state index < -0.39 is 0 Å². The summed E-state index contributed by atoms with van der Waals surface area (Å²) in [5, 5.41) is 1.11. The van der Waals surface area contributed by atoms with Crippen LogP contribution in [0.4, 0.5) is 0 Å². The number of aromatic nitrogens is 1. The summed E-state index contributed by atoms with van der Waals surface area (Å²) in [7, 11) is 0. The number of hydrogen-bond acceptors (Lipinski definition) is 1. The molecule has 0 saturated carbocycles. The number of carbonyl (C=O) groups excluding carboxylic acids is 1. The highest BCUT2D eigenvalue weighted by atomic mass is 16.1. The van der Waals surface area contributed by atoms with Gasteiger partial charge in [0.25, 0.3) is 0 Å². The van der Waals surface area contributed by atoms with Crippen molar-refractivity contribution in [3.8, 4) is 11.3 Å². The van der Waals surface area contributed by atoms with Crippen LogP contribution in [0, 0.1) is 13.8 Å². The molecule has 3 rings (SSSR count). The lowest BCUT2D eigenvalue weighted by molar-refractivity contribution is 0.0943.